The van der Waals surface area contributed by atoms with Crippen LogP contribution in [0, 0.1) is 13.8 Å². The van der Waals surface area contributed by atoms with Crippen molar-refractivity contribution in [3.05, 3.63) is 52.4 Å². The van der Waals surface area contributed by atoms with Crippen molar-refractivity contribution >= 4 is 32.1 Å². The van der Waals surface area contributed by atoms with Gasteiger partial charge in [0.2, 0.25) is 10.0 Å². The summed E-state index contributed by atoms with van der Waals surface area (Å²) < 4.78 is 25.3. The van der Waals surface area contributed by atoms with E-state index >= 15 is 0 Å². The van der Waals surface area contributed by atoms with Crippen LogP contribution in [0.5, 0.6) is 0 Å². The maximum atomic E-state index is 13.0. The van der Waals surface area contributed by atoms with E-state index in [4.69, 9.17) is 10.1 Å². The van der Waals surface area contributed by atoms with Crippen LogP contribution in [0.25, 0.3) is 4.83 Å². The maximum Gasteiger partial charge on any atom is 0.253 e. The van der Waals surface area contributed by atoms with Crippen LogP contribution < -0.4 is 5.14 Å². The first-order chi connectivity index (χ1) is 13.3. The summed E-state index contributed by atoms with van der Waals surface area (Å²) in [6.07, 6.45) is 1.86. The molecule has 1 amide bonds. The predicted octanol–water partition coefficient (Wildman–Crippen LogP) is 2.68. The molecule has 0 spiro atoms. The molecule has 2 aromatic heterocycles. The predicted molar refractivity (Wildman–Crippen MR) is 108 cm³/mol. The Morgan fingerprint density at radius 2 is 2.11 bits per heavy atom. The highest BCUT2D eigenvalue weighted by atomic mass is 32.2. The van der Waals surface area contributed by atoms with Crippen molar-refractivity contribution in [2.45, 2.75) is 37.5 Å². The Kier molecular flexibility index (Phi) is 4.76. The molecule has 1 aromatic carbocycles. The SMILES string of the molecule is Cc1csc2c([C@H]3CCCN(C(=O)c4cccc(S(N)(=O)=O)c4)C3)nc(C)n12. The standard InChI is InChI=1S/C19H22N4O3S2/c1-12-11-27-19-17(21-13(2)23(12)19)15-6-4-8-22(10-15)18(24)14-5-3-7-16(9-14)28(20,25)26/h3,5,7,9,11,15H,4,6,8,10H2,1-2H3,(H2,20,25,26)/t15-/m0/s1. The van der Waals surface area contributed by atoms with E-state index in [1.165, 1.54) is 17.8 Å². The summed E-state index contributed by atoms with van der Waals surface area (Å²) in [6.45, 7) is 5.29. The van der Waals surface area contributed by atoms with E-state index in [-0.39, 0.29) is 16.7 Å². The van der Waals surface area contributed by atoms with Crippen LogP contribution in [0.3, 0.4) is 0 Å². The molecule has 4 rings (SSSR count). The zero-order valence-corrected chi connectivity index (χ0v) is 17.4. The summed E-state index contributed by atoms with van der Waals surface area (Å²) in [7, 11) is -3.84. The Labute approximate surface area is 167 Å². The van der Waals surface area contributed by atoms with Crippen molar-refractivity contribution in [2.24, 2.45) is 5.14 Å². The summed E-state index contributed by atoms with van der Waals surface area (Å²) >= 11 is 1.68. The van der Waals surface area contributed by atoms with Gasteiger partial charge in [-0.05, 0) is 44.9 Å². The second-order valence-corrected chi connectivity index (χ2v) is 9.64. The summed E-state index contributed by atoms with van der Waals surface area (Å²) in [4.78, 5) is 20.7. The first-order valence-corrected chi connectivity index (χ1v) is 11.5. The molecule has 7 nitrogen and oxygen atoms in total. The summed E-state index contributed by atoms with van der Waals surface area (Å²) in [5, 5.41) is 7.32. The van der Waals surface area contributed by atoms with Crippen molar-refractivity contribution in [1.82, 2.24) is 14.3 Å². The van der Waals surface area contributed by atoms with Crippen LogP contribution in [0.1, 0.15) is 46.3 Å². The maximum absolute atomic E-state index is 13.0. The molecular formula is C19H22N4O3S2. The molecule has 1 atom stereocenters. The molecule has 0 unspecified atom stereocenters. The fourth-order valence-electron chi connectivity index (χ4n) is 3.90. The zero-order valence-electron chi connectivity index (χ0n) is 15.8. The molecule has 0 bridgehead atoms. The smallest absolute Gasteiger partial charge is 0.253 e. The number of piperidine rings is 1. The minimum absolute atomic E-state index is 0.0487. The van der Waals surface area contributed by atoms with E-state index in [9.17, 15) is 13.2 Å². The molecule has 3 aromatic rings. The number of imidazole rings is 1. The second-order valence-electron chi connectivity index (χ2n) is 7.23. The number of benzene rings is 1. The van der Waals surface area contributed by atoms with Gasteiger partial charge in [0.15, 0.2) is 0 Å². The van der Waals surface area contributed by atoms with E-state index in [1.807, 2.05) is 6.92 Å². The highest BCUT2D eigenvalue weighted by Crippen LogP contribution is 2.33. The fraction of sp³-hybridized carbons (Fsp3) is 0.368. The molecule has 3 heterocycles. The fourth-order valence-corrected chi connectivity index (χ4v) is 5.56. The molecule has 0 radical (unpaired) electrons. The minimum Gasteiger partial charge on any atom is -0.338 e. The van der Waals surface area contributed by atoms with Crippen LogP contribution in [0.2, 0.25) is 0 Å². The van der Waals surface area contributed by atoms with Gasteiger partial charge in [-0.15, -0.1) is 11.3 Å². The van der Waals surface area contributed by atoms with Gasteiger partial charge in [-0.25, -0.2) is 18.5 Å². The lowest BCUT2D eigenvalue weighted by atomic mass is 9.94. The van der Waals surface area contributed by atoms with Crippen molar-refractivity contribution in [3.63, 3.8) is 0 Å². The first kappa shape index (κ1) is 19.1. The quantitative estimate of drug-likeness (QED) is 0.707. The van der Waals surface area contributed by atoms with Crippen molar-refractivity contribution in [3.8, 4) is 0 Å². The molecule has 1 saturated heterocycles. The number of hydrogen-bond acceptors (Lipinski definition) is 5. The number of nitrogens with zero attached hydrogens (tertiary/aromatic N) is 3. The van der Waals surface area contributed by atoms with Crippen molar-refractivity contribution in [1.29, 1.82) is 0 Å². The molecule has 2 N–H and O–H groups in total. The van der Waals surface area contributed by atoms with Gasteiger partial charge in [-0.1, -0.05) is 6.07 Å². The van der Waals surface area contributed by atoms with Gasteiger partial charge >= 0.3 is 0 Å². The summed E-state index contributed by atoms with van der Waals surface area (Å²) in [5.41, 5.74) is 2.55. The molecule has 1 aliphatic heterocycles. The summed E-state index contributed by atoms with van der Waals surface area (Å²) in [6, 6.07) is 5.92. The lowest BCUT2D eigenvalue weighted by Gasteiger charge is -2.32. The number of primary sulfonamides is 1. The topological polar surface area (TPSA) is 97.8 Å². The number of thiazole rings is 1. The Hall–Kier alpha value is -2.23. The molecule has 1 aliphatic rings. The largest absolute Gasteiger partial charge is 0.338 e. The number of amides is 1. The molecular weight excluding hydrogens is 396 g/mol. The van der Waals surface area contributed by atoms with Gasteiger partial charge in [0.1, 0.15) is 10.7 Å². The average molecular weight is 419 g/mol. The number of aryl methyl sites for hydroxylation is 2. The monoisotopic (exact) mass is 418 g/mol. The highest BCUT2D eigenvalue weighted by molar-refractivity contribution is 7.89. The molecule has 1 fully saturated rings. The average Bonchev–Trinajstić information content (AvgIpc) is 3.22. The number of fused-ring (bicyclic) bond motifs is 1. The second kappa shape index (κ2) is 6.98. The lowest BCUT2D eigenvalue weighted by Crippen LogP contribution is -2.39. The van der Waals surface area contributed by atoms with Gasteiger partial charge < -0.3 is 4.90 Å². The molecule has 28 heavy (non-hydrogen) atoms. The summed E-state index contributed by atoms with van der Waals surface area (Å²) in [5.74, 6) is 0.957. The Balaban J connectivity index is 1.61. The Bertz CT molecular complexity index is 1160. The number of aromatic nitrogens is 2. The number of nitrogens with two attached hydrogens (primary N) is 1. The number of likely N-dealkylation sites (tertiary alicyclic amines) is 1. The molecule has 148 valence electrons. The van der Waals surface area contributed by atoms with Crippen LogP contribution in [0.15, 0.2) is 34.5 Å². The van der Waals surface area contributed by atoms with E-state index in [1.54, 1.807) is 28.4 Å². The Morgan fingerprint density at radius 1 is 1.32 bits per heavy atom. The van der Waals surface area contributed by atoms with Crippen LogP contribution in [0.4, 0.5) is 0 Å². The van der Waals surface area contributed by atoms with Gasteiger partial charge in [0, 0.05) is 35.6 Å². The van der Waals surface area contributed by atoms with Crippen LogP contribution in [-0.2, 0) is 10.0 Å². The number of sulfonamides is 1. The van der Waals surface area contributed by atoms with Crippen molar-refractivity contribution < 1.29 is 13.2 Å². The van der Waals surface area contributed by atoms with E-state index in [0.29, 0.717) is 18.7 Å². The number of rotatable bonds is 3. The van der Waals surface area contributed by atoms with Gasteiger partial charge in [-0.2, -0.15) is 0 Å². The minimum atomic E-state index is -3.84. The zero-order chi connectivity index (χ0) is 20.1. The molecule has 9 heteroatoms. The normalized spacial score (nSPS) is 18.0. The van der Waals surface area contributed by atoms with Crippen LogP contribution in [-0.4, -0.2) is 41.7 Å². The van der Waals surface area contributed by atoms with E-state index < -0.39 is 10.0 Å². The molecule has 0 aliphatic carbocycles. The number of carbonyl (C=O) groups is 1. The third-order valence-corrected chi connectivity index (χ3v) is 7.21. The van der Waals surface area contributed by atoms with Crippen molar-refractivity contribution in [2.75, 3.05) is 13.1 Å². The third kappa shape index (κ3) is 3.34. The lowest BCUT2D eigenvalue weighted by molar-refractivity contribution is 0.0706. The molecule has 0 saturated carbocycles. The van der Waals surface area contributed by atoms with E-state index in [0.717, 1.165) is 29.2 Å². The number of carbonyl (C=O) groups excluding carboxylic acids is 1. The third-order valence-electron chi connectivity index (χ3n) is 5.23. The first-order valence-electron chi connectivity index (χ1n) is 9.11. The highest BCUT2D eigenvalue weighted by Gasteiger charge is 2.29. The van der Waals surface area contributed by atoms with Crippen LogP contribution >= 0.6 is 11.3 Å². The Morgan fingerprint density at radius 3 is 2.86 bits per heavy atom. The van der Waals surface area contributed by atoms with E-state index in [2.05, 4.69) is 16.7 Å². The van der Waals surface area contributed by atoms with Gasteiger partial charge in [-0.3, -0.25) is 9.20 Å². The van der Waals surface area contributed by atoms with Gasteiger partial charge in [0.05, 0.1) is 10.6 Å². The van der Waals surface area contributed by atoms with Gasteiger partial charge in [0.25, 0.3) is 5.91 Å². The number of hydrogen-bond donors (Lipinski definition) is 1.